The van der Waals surface area contributed by atoms with Crippen LogP contribution in [0.1, 0.15) is 68.6 Å². The number of aromatic nitrogens is 2. The Hall–Kier alpha value is -1.87. The number of aryl methyl sites for hydroxylation is 2. The Balaban J connectivity index is 2.67. The Kier molecular flexibility index (Phi) is 6.46. The number of benzene rings is 1. The van der Waals surface area contributed by atoms with Crippen LogP contribution < -0.4 is 0 Å². The van der Waals surface area contributed by atoms with Crippen LogP contribution in [-0.2, 0) is 0 Å². The van der Waals surface area contributed by atoms with Crippen LogP contribution in [0.25, 0.3) is 6.08 Å². The molecule has 0 bridgehead atoms. The Bertz CT molecular complexity index is 828. The molecule has 2 rings (SSSR count). The molecule has 3 nitrogen and oxygen atoms in total. The Morgan fingerprint density at radius 2 is 1.85 bits per heavy atom. The summed E-state index contributed by atoms with van der Waals surface area (Å²) < 4.78 is 0. The van der Waals surface area contributed by atoms with Crippen LogP contribution in [0, 0.1) is 25.7 Å². The fourth-order valence-electron chi connectivity index (χ4n) is 2.95. The van der Waals surface area contributed by atoms with Crippen molar-refractivity contribution in [3.63, 3.8) is 0 Å². The molecule has 26 heavy (non-hydrogen) atoms. The number of hydrogen-bond donors (Lipinski definition) is 1. The molecular formula is C22H30ClN3. The number of hydrogen-bond acceptors (Lipinski definition) is 2. The van der Waals surface area contributed by atoms with Gasteiger partial charge in [0.1, 0.15) is 5.69 Å². The van der Waals surface area contributed by atoms with Crippen molar-refractivity contribution < 1.29 is 0 Å². The van der Waals surface area contributed by atoms with E-state index in [2.05, 4.69) is 64.4 Å². The normalized spacial score (nSPS) is 13.5. The van der Waals surface area contributed by atoms with Gasteiger partial charge in [-0.25, -0.2) is 0 Å². The van der Waals surface area contributed by atoms with Crippen LogP contribution in [0.2, 0.25) is 5.02 Å². The number of nitrogens with zero attached hydrogens (tertiary/aromatic N) is 2. The van der Waals surface area contributed by atoms with Gasteiger partial charge in [-0.3, -0.25) is 10.1 Å². The van der Waals surface area contributed by atoms with Crippen molar-refractivity contribution in [3.8, 4) is 0 Å². The number of aromatic amines is 1. The molecular weight excluding hydrogens is 342 g/mol. The number of halogens is 1. The van der Waals surface area contributed by atoms with Crippen molar-refractivity contribution in [1.29, 1.82) is 0 Å². The fourth-order valence-corrected chi connectivity index (χ4v) is 3.33. The minimum atomic E-state index is 0.249. The van der Waals surface area contributed by atoms with Gasteiger partial charge in [-0.2, -0.15) is 5.10 Å². The zero-order valence-electron chi connectivity index (χ0n) is 16.9. The number of rotatable bonds is 6. The van der Waals surface area contributed by atoms with Crippen molar-refractivity contribution in [1.82, 2.24) is 10.2 Å². The molecule has 2 aromatic rings. The Labute approximate surface area is 162 Å². The lowest BCUT2D eigenvalue weighted by Gasteiger charge is -2.19. The molecule has 4 heteroatoms. The SMILES string of the molecule is C=Cc1c(C(=Nc2cc(Cl)c(C(C)C)cc2C)C(C)C(C)C)n[nH]c1C. The first-order chi connectivity index (χ1) is 12.2. The molecule has 0 saturated carbocycles. The number of H-pyrrole nitrogens is 1. The zero-order chi connectivity index (χ0) is 19.6. The van der Waals surface area contributed by atoms with Crippen LogP contribution in [-0.4, -0.2) is 15.9 Å². The summed E-state index contributed by atoms with van der Waals surface area (Å²) in [5.74, 6) is 1.07. The van der Waals surface area contributed by atoms with E-state index in [1.807, 2.05) is 19.1 Å². The molecule has 1 aromatic carbocycles. The predicted octanol–water partition coefficient (Wildman–Crippen LogP) is 6.86. The zero-order valence-corrected chi connectivity index (χ0v) is 17.7. The topological polar surface area (TPSA) is 41.0 Å². The maximum atomic E-state index is 6.52. The average molecular weight is 372 g/mol. The first-order valence-electron chi connectivity index (χ1n) is 9.23. The van der Waals surface area contributed by atoms with Crippen molar-refractivity contribution in [2.75, 3.05) is 0 Å². The second-order valence-corrected chi connectivity index (χ2v) is 8.07. The van der Waals surface area contributed by atoms with Crippen molar-refractivity contribution in [2.45, 2.75) is 54.4 Å². The third-order valence-corrected chi connectivity index (χ3v) is 5.38. The van der Waals surface area contributed by atoms with Crippen LogP contribution in [0.15, 0.2) is 23.7 Å². The summed E-state index contributed by atoms with van der Waals surface area (Å²) >= 11 is 6.52. The highest BCUT2D eigenvalue weighted by Gasteiger charge is 2.23. The second-order valence-electron chi connectivity index (χ2n) is 7.66. The average Bonchev–Trinajstić information content (AvgIpc) is 2.94. The minimum Gasteiger partial charge on any atom is -0.282 e. The maximum absolute atomic E-state index is 6.52. The smallest absolute Gasteiger partial charge is 0.114 e. The summed E-state index contributed by atoms with van der Waals surface area (Å²) in [7, 11) is 0. The molecule has 1 heterocycles. The van der Waals surface area contributed by atoms with Gasteiger partial charge in [0.25, 0.3) is 0 Å². The van der Waals surface area contributed by atoms with Gasteiger partial charge in [0.05, 0.1) is 11.4 Å². The molecule has 0 fully saturated rings. The Morgan fingerprint density at radius 3 is 2.38 bits per heavy atom. The first kappa shape index (κ1) is 20.4. The van der Waals surface area contributed by atoms with Crippen LogP contribution in [0.5, 0.6) is 0 Å². The summed E-state index contributed by atoms with van der Waals surface area (Å²) in [4.78, 5) is 5.03. The van der Waals surface area contributed by atoms with Gasteiger partial charge in [0.2, 0.25) is 0 Å². The van der Waals surface area contributed by atoms with Gasteiger partial charge >= 0.3 is 0 Å². The van der Waals surface area contributed by atoms with E-state index in [-0.39, 0.29) is 5.92 Å². The van der Waals surface area contributed by atoms with Gasteiger partial charge in [-0.1, -0.05) is 64.9 Å². The molecule has 0 aliphatic heterocycles. The van der Waals surface area contributed by atoms with Crippen molar-refractivity contribution >= 4 is 29.1 Å². The first-order valence-corrected chi connectivity index (χ1v) is 9.61. The quantitative estimate of drug-likeness (QED) is 0.553. The molecule has 1 N–H and O–H groups in total. The summed E-state index contributed by atoms with van der Waals surface area (Å²) in [6.07, 6.45) is 1.85. The molecule has 1 aromatic heterocycles. The van der Waals surface area contributed by atoms with Crippen LogP contribution in [0.3, 0.4) is 0 Å². The van der Waals surface area contributed by atoms with Crippen LogP contribution >= 0.6 is 11.6 Å². The van der Waals surface area contributed by atoms with E-state index >= 15 is 0 Å². The van der Waals surface area contributed by atoms with E-state index in [0.717, 1.165) is 44.5 Å². The van der Waals surface area contributed by atoms with Gasteiger partial charge in [-0.05, 0) is 42.9 Å². The standard InChI is InChI=1S/C22H30ClN3/c1-9-17-16(8)25-26-22(17)21(15(7)12(2)3)24-20-11-19(23)18(13(4)5)10-14(20)6/h9-13,15H,1H2,2-8H3,(H,25,26). The van der Waals surface area contributed by atoms with Gasteiger partial charge in [0.15, 0.2) is 0 Å². The highest BCUT2D eigenvalue weighted by molar-refractivity contribution is 6.31. The molecule has 1 atom stereocenters. The second kappa shape index (κ2) is 8.22. The number of aliphatic imine (C=N–C) groups is 1. The molecule has 0 spiro atoms. The molecule has 0 aliphatic rings. The lowest BCUT2D eigenvalue weighted by atomic mass is 9.89. The van der Waals surface area contributed by atoms with E-state index in [1.165, 1.54) is 0 Å². The minimum absolute atomic E-state index is 0.249. The van der Waals surface area contributed by atoms with Crippen LogP contribution in [0.4, 0.5) is 5.69 Å². The van der Waals surface area contributed by atoms with Gasteiger partial charge in [0, 0.05) is 22.2 Å². The van der Waals surface area contributed by atoms with E-state index in [4.69, 9.17) is 16.6 Å². The summed E-state index contributed by atoms with van der Waals surface area (Å²) in [6.45, 7) is 18.9. The van der Waals surface area contributed by atoms with Crippen molar-refractivity contribution in [3.05, 3.63) is 51.8 Å². The van der Waals surface area contributed by atoms with E-state index in [0.29, 0.717) is 11.8 Å². The van der Waals surface area contributed by atoms with Gasteiger partial charge in [-0.15, -0.1) is 0 Å². The number of nitrogens with one attached hydrogen (secondary N) is 1. The summed E-state index contributed by atoms with van der Waals surface area (Å²) in [5, 5.41) is 8.36. The molecule has 140 valence electrons. The summed E-state index contributed by atoms with van der Waals surface area (Å²) in [5.41, 5.74) is 7.04. The Morgan fingerprint density at radius 1 is 1.19 bits per heavy atom. The maximum Gasteiger partial charge on any atom is 0.114 e. The third-order valence-electron chi connectivity index (χ3n) is 5.05. The molecule has 0 radical (unpaired) electrons. The van der Waals surface area contributed by atoms with E-state index in [9.17, 15) is 0 Å². The lowest BCUT2D eigenvalue weighted by Crippen LogP contribution is -2.19. The fraction of sp³-hybridized carbons (Fsp3) is 0.455. The molecule has 0 aliphatic carbocycles. The lowest BCUT2D eigenvalue weighted by molar-refractivity contribution is 0.532. The van der Waals surface area contributed by atoms with Crippen molar-refractivity contribution in [2.24, 2.45) is 16.8 Å². The van der Waals surface area contributed by atoms with E-state index < -0.39 is 0 Å². The van der Waals surface area contributed by atoms with E-state index in [1.54, 1.807) is 0 Å². The molecule has 0 amide bonds. The molecule has 1 unspecified atom stereocenters. The highest BCUT2D eigenvalue weighted by atomic mass is 35.5. The largest absolute Gasteiger partial charge is 0.282 e. The third kappa shape index (κ3) is 4.09. The predicted molar refractivity (Wildman–Crippen MR) is 114 cm³/mol. The monoisotopic (exact) mass is 371 g/mol. The van der Waals surface area contributed by atoms with Gasteiger partial charge < -0.3 is 0 Å². The summed E-state index contributed by atoms with van der Waals surface area (Å²) in [6, 6.07) is 4.13. The molecule has 0 saturated heterocycles. The highest BCUT2D eigenvalue weighted by Crippen LogP contribution is 2.33.